The number of benzene rings is 2. The molecule has 0 unspecified atom stereocenters. The molecule has 1 heterocycles. The Balaban J connectivity index is 1.83. The van der Waals surface area contributed by atoms with E-state index in [2.05, 4.69) is 10.3 Å². The van der Waals surface area contributed by atoms with E-state index in [-0.39, 0.29) is 12.3 Å². The van der Waals surface area contributed by atoms with Crippen molar-refractivity contribution in [1.29, 1.82) is 0 Å². The molecule has 3 aromatic rings. The van der Waals surface area contributed by atoms with Gasteiger partial charge < -0.3 is 14.8 Å². The first-order valence-electron chi connectivity index (χ1n) is 8.32. The molecule has 1 amide bonds. The van der Waals surface area contributed by atoms with Crippen LogP contribution >= 0.6 is 11.6 Å². The van der Waals surface area contributed by atoms with E-state index >= 15 is 0 Å². The number of anilines is 1. The Hall–Kier alpha value is -3.05. The van der Waals surface area contributed by atoms with Gasteiger partial charge in [-0.25, -0.2) is 4.98 Å². The van der Waals surface area contributed by atoms with Gasteiger partial charge in [-0.3, -0.25) is 4.79 Å². The number of halogens is 1. The minimum absolute atomic E-state index is 0.155. The van der Waals surface area contributed by atoms with Crippen LogP contribution in [0.2, 0.25) is 5.02 Å². The summed E-state index contributed by atoms with van der Waals surface area (Å²) >= 11 is 5.88. The molecule has 0 aliphatic carbocycles. The molecule has 0 atom stereocenters. The number of ether oxygens (including phenoxy) is 2. The summed E-state index contributed by atoms with van der Waals surface area (Å²) in [7, 11) is 3.17. The Morgan fingerprint density at radius 2 is 1.78 bits per heavy atom. The van der Waals surface area contributed by atoms with Crippen molar-refractivity contribution >= 4 is 23.3 Å². The summed E-state index contributed by atoms with van der Waals surface area (Å²) in [6, 6.07) is 16.5. The van der Waals surface area contributed by atoms with Crippen molar-refractivity contribution in [2.45, 2.75) is 6.42 Å². The largest absolute Gasteiger partial charge is 0.493 e. The van der Waals surface area contributed by atoms with Gasteiger partial charge in [0.15, 0.2) is 11.5 Å². The molecular weight excluding hydrogens is 364 g/mol. The molecule has 27 heavy (non-hydrogen) atoms. The number of carbonyl (C=O) groups is 1. The third-order valence-electron chi connectivity index (χ3n) is 4.04. The molecule has 1 N–H and O–H groups in total. The minimum Gasteiger partial charge on any atom is -0.493 e. The van der Waals surface area contributed by atoms with Crippen molar-refractivity contribution in [3.05, 3.63) is 71.4 Å². The van der Waals surface area contributed by atoms with Crippen LogP contribution in [0.1, 0.15) is 5.56 Å². The van der Waals surface area contributed by atoms with E-state index in [0.717, 1.165) is 16.7 Å². The average Bonchev–Trinajstić information content (AvgIpc) is 2.69. The first-order chi connectivity index (χ1) is 13.1. The molecule has 6 heteroatoms. The highest BCUT2D eigenvalue weighted by molar-refractivity contribution is 6.30. The predicted molar refractivity (Wildman–Crippen MR) is 107 cm³/mol. The van der Waals surface area contributed by atoms with Crippen LogP contribution in [-0.4, -0.2) is 25.1 Å². The highest BCUT2D eigenvalue weighted by atomic mass is 35.5. The molecular formula is C21H19ClN2O3. The summed E-state index contributed by atoms with van der Waals surface area (Å²) in [4.78, 5) is 16.8. The Kier molecular flexibility index (Phi) is 5.94. The Morgan fingerprint density at radius 3 is 2.48 bits per heavy atom. The second-order valence-corrected chi connectivity index (χ2v) is 6.26. The summed E-state index contributed by atoms with van der Waals surface area (Å²) in [5.41, 5.74) is 2.53. The lowest BCUT2D eigenvalue weighted by Gasteiger charge is -2.13. The SMILES string of the molecule is COc1ccc(-c2cccnc2NC(=O)Cc2ccc(Cl)cc2)cc1OC. The number of methoxy groups -OCH3 is 2. The van der Waals surface area contributed by atoms with Gasteiger partial charge in [0.05, 0.1) is 20.6 Å². The molecule has 0 saturated heterocycles. The highest BCUT2D eigenvalue weighted by Gasteiger charge is 2.13. The maximum absolute atomic E-state index is 12.4. The van der Waals surface area contributed by atoms with E-state index in [1.807, 2.05) is 42.5 Å². The predicted octanol–water partition coefficient (Wildman–Crippen LogP) is 4.60. The van der Waals surface area contributed by atoms with Crippen molar-refractivity contribution in [2.24, 2.45) is 0 Å². The second kappa shape index (κ2) is 8.56. The monoisotopic (exact) mass is 382 g/mol. The van der Waals surface area contributed by atoms with Crippen LogP contribution in [0, 0.1) is 0 Å². The molecule has 0 aliphatic rings. The first-order valence-corrected chi connectivity index (χ1v) is 8.70. The molecule has 0 saturated carbocycles. The highest BCUT2D eigenvalue weighted by Crippen LogP contribution is 2.34. The summed E-state index contributed by atoms with van der Waals surface area (Å²) in [5.74, 6) is 1.58. The topological polar surface area (TPSA) is 60.5 Å². The van der Waals surface area contributed by atoms with Gasteiger partial charge in [-0.05, 0) is 47.5 Å². The van der Waals surface area contributed by atoms with E-state index in [0.29, 0.717) is 22.3 Å². The molecule has 3 rings (SSSR count). The number of aromatic nitrogens is 1. The molecule has 2 aromatic carbocycles. The Labute approximate surface area is 162 Å². The van der Waals surface area contributed by atoms with Crippen LogP contribution in [-0.2, 0) is 11.2 Å². The van der Waals surface area contributed by atoms with Crippen molar-refractivity contribution in [3.63, 3.8) is 0 Å². The fraction of sp³-hybridized carbons (Fsp3) is 0.143. The van der Waals surface area contributed by atoms with Crippen LogP contribution in [0.3, 0.4) is 0 Å². The van der Waals surface area contributed by atoms with Crippen LogP contribution in [0.4, 0.5) is 5.82 Å². The molecule has 138 valence electrons. The molecule has 5 nitrogen and oxygen atoms in total. The van der Waals surface area contributed by atoms with Crippen LogP contribution < -0.4 is 14.8 Å². The zero-order valence-corrected chi connectivity index (χ0v) is 15.8. The van der Waals surface area contributed by atoms with Gasteiger partial charge in [0, 0.05) is 16.8 Å². The Bertz CT molecular complexity index is 942. The van der Waals surface area contributed by atoms with E-state index in [1.165, 1.54) is 0 Å². The van der Waals surface area contributed by atoms with Gasteiger partial charge in [-0.15, -0.1) is 0 Å². The summed E-state index contributed by atoms with van der Waals surface area (Å²) in [6.45, 7) is 0. The van der Waals surface area contributed by atoms with Gasteiger partial charge in [-0.1, -0.05) is 29.8 Å². The number of pyridine rings is 1. The van der Waals surface area contributed by atoms with Crippen LogP contribution in [0.5, 0.6) is 11.5 Å². The minimum atomic E-state index is -0.155. The average molecular weight is 383 g/mol. The van der Waals surface area contributed by atoms with Crippen molar-refractivity contribution in [2.75, 3.05) is 19.5 Å². The number of carbonyl (C=O) groups excluding carboxylic acids is 1. The van der Waals surface area contributed by atoms with Gasteiger partial charge >= 0.3 is 0 Å². The molecule has 0 fully saturated rings. The zero-order chi connectivity index (χ0) is 19.2. The number of hydrogen-bond donors (Lipinski definition) is 1. The number of nitrogens with one attached hydrogen (secondary N) is 1. The van der Waals surface area contributed by atoms with Crippen molar-refractivity contribution in [3.8, 4) is 22.6 Å². The third-order valence-corrected chi connectivity index (χ3v) is 4.29. The Morgan fingerprint density at radius 1 is 1.04 bits per heavy atom. The molecule has 0 spiro atoms. The fourth-order valence-corrected chi connectivity index (χ4v) is 2.83. The van der Waals surface area contributed by atoms with E-state index < -0.39 is 0 Å². The van der Waals surface area contributed by atoms with Crippen LogP contribution in [0.15, 0.2) is 60.8 Å². The lowest BCUT2D eigenvalue weighted by atomic mass is 10.1. The summed E-state index contributed by atoms with van der Waals surface area (Å²) < 4.78 is 10.6. The number of rotatable bonds is 6. The fourth-order valence-electron chi connectivity index (χ4n) is 2.71. The maximum Gasteiger partial charge on any atom is 0.229 e. The number of amides is 1. The smallest absolute Gasteiger partial charge is 0.229 e. The maximum atomic E-state index is 12.4. The van der Waals surface area contributed by atoms with Gasteiger partial charge in [0.1, 0.15) is 5.82 Å². The standard InChI is InChI=1S/C21H19ClN2O3/c1-26-18-10-7-15(13-19(18)27-2)17-4-3-11-23-21(17)24-20(25)12-14-5-8-16(22)9-6-14/h3-11,13H,12H2,1-2H3,(H,23,24,25). The second-order valence-electron chi connectivity index (χ2n) is 5.82. The normalized spacial score (nSPS) is 10.3. The molecule has 1 aromatic heterocycles. The summed E-state index contributed by atoms with van der Waals surface area (Å²) in [5, 5.41) is 3.52. The lowest BCUT2D eigenvalue weighted by Crippen LogP contribution is -2.16. The summed E-state index contributed by atoms with van der Waals surface area (Å²) in [6.07, 6.45) is 1.88. The van der Waals surface area contributed by atoms with Crippen molar-refractivity contribution < 1.29 is 14.3 Å². The van der Waals surface area contributed by atoms with Gasteiger partial charge in [0.25, 0.3) is 0 Å². The zero-order valence-electron chi connectivity index (χ0n) is 15.0. The molecule has 0 radical (unpaired) electrons. The van der Waals surface area contributed by atoms with E-state index in [1.54, 1.807) is 32.5 Å². The van der Waals surface area contributed by atoms with Gasteiger partial charge in [-0.2, -0.15) is 0 Å². The lowest BCUT2D eigenvalue weighted by molar-refractivity contribution is -0.115. The first kappa shape index (κ1) is 18.7. The van der Waals surface area contributed by atoms with Crippen LogP contribution in [0.25, 0.3) is 11.1 Å². The third kappa shape index (κ3) is 4.57. The van der Waals surface area contributed by atoms with E-state index in [4.69, 9.17) is 21.1 Å². The quantitative estimate of drug-likeness (QED) is 0.676. The van der Waals surface area contributed by atoms with E-state index in [9.17, 15) is 4.79 Å². The number of hydrogen-bond acceptors (Lipinski definition) is 4. The van der Waals surface area contributed by atoms with Gasteiger partial charge in [0.2, 0.25) is 5.91 Å². The molecule has 0 bridgehead atoms. The van der Waals surface area contributed by atoms with Crippen molar-refractivity contribution in [1.82, 2.24) is 4.98 Å². The number of nitrogens with zero attached hydrogens (tertiary/aromatic N) is 1. The molecule has 0 aliphatic heterocycles.